The first-order valence-corrected chi connectivity index (χ1v) is 6.98. The van der Waals surface area contributed by atoms with Gasteiger partial charge < -0.3 is 5.32 Å². The maximum absolute atomic E-state index is 12.2. The minimum atomic E-state index is -0.220. The van der Waals surface area contributed by atoms with E-state index in [1.807, 2.05) is 19.1 Å². The fourth-order valence-electron chi connectivity index (χ4n) is 2.06. The van der Waals surface area contributed by atoms with E-state index in [1.165, 1.54) is 16.4 Å². The van der Waals surface area contributed by atoms with Crippen LogP contribution in [0.5, 0.6) is 0 Å². The van der Waals surface area contributed by atoms with Crippen molar-refractivity contribution in [3.63, 3.8) is 0 Å². The summed E-state index contributed by atoms with van der Waals surface area (Å²) >= 11 is 5.96. The molecule has 2 aromatic rings. The normalized spacial score (nSPS) is 12.2. The lowest BCUT2D eigenvalue weighted by Crippen LogP contribution is -2.28. The van der Waals surface area contributed by atoms with Crippen LogP contribution in [0.1, 0.15) is 41.5 Å². The number of aryl methyl sites for hydroxylation is 2. The lowest BCUT2D eigenvalue weighted by atomic mass is 10.0. The van der Waals surface area contributed by atoms with Crippen molar-refractivity contribution in [3.05, 3.63) is 52.3 Å². The van der Waals surface area contributed by atoms with E-state index in [0.717, 1.165) is 12.0 Å². The predicted molar refractivity (Wildman–Crippen MR) is 79.9 cm³/mol. The van der Waals surface area contributed by atoms with Gasteiger partial charge in [-0.2, -0.15) is 5.10 Å². The quantitative estimate of drug-likeness (QED) is 0.941. The van der Waals surface area contributed by atoms with Crippen molar-refractivity contribution in [2.45, 2.75) is 26.3 Å². The molecule has 0 saturated carbocycles. The van der Waals surface area contributed by atoms with Crippen LogP contribution in [0.3, 0.4) is 0 Å². The summed E-state index contributed by atoms with van der Waals surface area (Å²) < 4.78 is 1.48. The number of hydrogen-bond donors (Lipinski definition) is 1. The second-order valence-corrected chi connectivity index (χ2v) is 5.16. The molecule has 2 rings (SSSR count). The highest BCUT2D eigenvalue weighted by Crippen LogP contribution is 2.17. The standard InChI is InChI=1S/C15H18ClN3O/c1-4-11-5-7-12(8-6-11)10(2)18-15(20)14-13(16)9-17-19(14)3/h5-10H,4H2,1-3H3,(H,18,20)/t10-/m0/s1. The minimum absolute atomic E-state index is 0.0839. The Bertz CT molecular complexity index is 585. The van der Waals surface area contributed by atoms with E-state index in [1.54, 1.807) is 7.05 Å². The zero-order chi connectivity index (χ0) is 14.7. The molecule has 1 aromatic heterocycles. The summed E-state index contributed by atoms with van der Waals surface area (Å²) in [5.41, 5.74) is 2.72. The molecule has 0 fully saturated rings. The zero-order valence-electron chi connectivity index (χ0n) is 11.9. The molecule has 0 saturated heterocycles. The van der Waals surface area contributed by atoms with Crippen molar-refractivity contribution in [1.82, 2.24) is 15.1 Å². The molecule has 4 nitrogen and oxygen atoms in total. The van der Waals surface area contributed by atoms with Gasteiger partial charge in [-0.1, -0.05) is 42.8 Å². The first-order valence-electron chi connectivity index (χ1n) is 6.60. The molecule has 106 valence electrons. The van der Waals surface area contributed by atoms with E-state index in [-0.39, 0.29) is 11.9 Å². The van der Waals surface area contributed by atoms with Crippen LogP contribution in [-0.4, -0.2) is 15.7 Å². The van der Waals surface area contributed by atoms with Crippen LogP contribution in [0.25, 0.3) is 0 Å². The molecule has 20 heavy (non-hydrogen) atoms. The molecule has 0 unspecified atom stereocenters. The predicted octanol–water partition coefficient (Wildman–Crippen LogP) is 3.13. The summed E-state index contributed by atoms with van der Waals surface area (Å²) in [6.07, 6.45) is 2.48. The summed E-state index contributed by atoms with van der Waals surface area (Å²) in [6.45, 7) is 4.06. The molecule has 1 aromatic carbocycles. The number of aromatic nitrogens is 2. The van der Waals surface area contributed by atoms with E-state index >= 15 is 0 Å². The summed E-state index contributed by atoms with van der Waals surface area (Å²) in [6, 6.07) is 8.15. The fourth-order valence-corrected chi connectivity index (χ4v) is 2.31. The molecule has 0 aliphatic heterocycles. The van der Waals surface area contributed by atoms with Crippen LogP contribution >= 0.6 is 11.6 Å². The van der Waals surface area contributed by atoms with Crippen molar-refractivity contribution in [2.24, 2.45) is 7.05 Å². The first kappa shape index (κ1) is 14.6. The number of nitrogens with one attached hydrogen (secondary N) is 1. The molecule has 5 heteroatoms. The molecular weight excluding hydrogens is 274 g/mol. The Morgan fingerprint density at radius 1 is 1.40 bits per heavy atom. The van der Waals surface area contributed by atoms with Crippen LogP contribution in [0.4, 0.5) is 0 Å². The molecule has 0 aliphatic carbocycles. The molecule has 1 N–H and O–H groups in total. The van der Waals surface area contributed by atoms with Gasteiger partial charge in [0.05, 0.1) is 17.3 Å². The molecule has 1 amide bonds. The van der Waals surface area contributed by atoms with Gasteiger partial charge in [-0.25, -0.2) is 0 Å². The number of amides is 1. The maximum Gasteiger partial charge on any atom is 0.271 e. The van der Waals surface area contributed by atoms with Gasteiger partial charge in [0.2, 0.25) is 0 Å². The number of benzene rings is 1. The van der Waals surface area contributed by atoms with Gasteiger partial charge in [0, 0.05) is 7.05 Å². The summed E-state index contributed by atoms with van der Waals surface area (Å²) in [7, 11) is 1.70. The van der Waals surface area contributed by atoms with E-state index in [9.17, 15) is 4.79 Å². The van der Waals surface area contributed by atoms with Crippen LogP contribution < -0.4 is 5.32 Å². The SMILES string of the molecule is CCc1ccc([C@H](C)NC(=O)c2c(Cl)cnn2C)cc1. The van der Waals surface area contributed by atoms with Gasteiger partial charge in [0.1, 0.15) is 5.69 Å². The number of carbonyl (C=O) groups excluding carboxylic acids is 1. The summed E-state index contributed by atoms with van der Waals surface area (Å²) in [5, 5.41) is 7.26. The van der Waals surface area contributed by atoms with Crippen LogP contribution in [-0.2, 0) is 13.5 Å². The topological polar surface area (TPSA) is 46.9 Å². The van der Waals surface area contributed by atoms with E-state index in [4.69, 9.17) is 11.6 Å². The third-order valence-electron chi connectivity index (χ3n) is 3.34. The van der Waals surface area contributed by atoms with Crippen molar-refractivity contribution in [3.8, 4) is 0 Å². The second kappa shape index (κ2) is 6.09. The molecule has 0 radical (unpaired) electrons. The molecule has 0 spiro atoms. The van der Waals surface area contributed by atoms with Crippen molar-refractivity contribution >= 4 is 17.5 Å². The lowest BCUT2D eigenvalue weighted by molar-refractivity contribution is 0.0930. The number of nitrogens with zero attached hydrogens (tertiary/aromatic N) is 2. The number of carbonyl (C=O) groups is 1. The van der Waals surface area contributed by atoms with E-state index < -0.39 is 0 Å². The monoisotopic (exact) mass is 291 g/mol. The van der Waals surface area contributed by atoms with Gasteiger partial charge in [-0.05, 0) is 24.5 Å². The Morgan fingerprint density at radius 2 is 2.05 bits per heavy atom. The van der Waals surface area contributed by atoms with Crippen LogP contribution in [0.15, 0.2) is 30.5 Å². The Hall–Kier alpha value is -1.81. The van der Waals surface area contributed by atoms with Crippen LogP contribution in [0, 0.1) is 0 Å². The van der Waals surface area contributed by atoms with Gasteiger partial charge in [0.15, 0.2) is 0 Å². The summed E-state index contributed by atoms with van der Waals surface area (Å²) in [4.78, 5) is 12.2. The molecule has 0 aliphatic rings. The second-order valence-electron chi connectivity index (χ2n) is 4.76. The number of halogens is 1. The van der Waals surface area contributed by atoms with Crippen molar-refractivity contribution in [2.75, 3.05) is 0 Å². The third kappa shape index (κ3) is 3.02. The highest BCUT2D eigenvalue weighted by Gasteiger charge is 2.18. The van der Waals surface area contributed by atoms with Gasteiger partial charge in [-0.3, -0.25) is 9.48 Å². The van der Waals surface area contributed by atoms with Crippen LogP contribution in [0.2, 0.25) is 5.02 Å². The molecule has 0 bridgehead atoms. The third-order valence-corrected chi connectivity index (χ3v) is 3.62. The first-order chi connectivity index (χ1) is 9.52. The lowest BCUT2D eigenvalue weighted by Gasteiger charge is -2.15. The molecule has 1 atom stereocenters. The van der Waals surface area contributed by atoms with E-state index in [0.29, 0.717) is 10.7 Å². The Balaban J connectivity index is 2.11. The number of rotatable bonds is 4. The Kier molecular flexibility index (Phi) is 4.45. The number of hydrogen-bond acceptors (Lipinski definition) is 2. The fraction of sp³-hybridized carbons (Fsp3) is 0.333. The minimum Gasteiger partial charge on any atom is -0.344 e. The average molecular weight is 292 g/mol. The van der Waals surface area contributed by atoms with Crippen molar-refractivity contribution < 1.29 is 4.79 Å². The van der Waals surface area contributed by atoms with Crippen molar-refractivity contribution in [1.29, 1.82) is 0 Å². The largest absolute Gasteiger partial charge is 0.344 e. The molecular formula is C15H18ClN3O. The maximum atomic E-state index is 12.2. The zero-order valence-corrected chi connectivity index (χ0v) is 12.6. The van der Waals surface area contributed by atoms with Gasteiger partial charge in [-0.15, -0.1) is 0 Å². The average Bonchev–Trinajstić information content (AvgIpc) is 2.78. The Labute approximate surface area is 123 Å². The highest BCUT2D eigenvalue weighted by atomic mass is 35.5. The molecule has 1 heterocycles. The van der Waals surface area contributed by atoms with Gasteiger partial charge in [0.25, 0.3) is 5.91 Å². The van der Waals surface area contributed by atoms with Gasteiger partial charge >= 0.3 is 0 Å². The Morgan fingerprint density at radius 3 is 2.55 bits per heavy atom. The smallest absolute Gasteiger partial charge is 0.271 e. The van der Waals surface area contributed by atoms with E-state index in [2.05, 4.69) is 29.5 Å². The highest BCUT2D eigenvalue weighted by molar-refractivity contribution is 6.33. The summed E-state index contributed by atoms with van der Waals surface area (Å²) in [5.74, 6) is -0.220.